The lowest BCUT2D eigenvalue weighted by Gasteiger charge is -2.25. The highest BCUT2D eigenvalue weighted by Crippen LogP contribution is 2.35. The molecule has 0 fully saturated rings. The van der Waals surface area contributed by atoms with E-state index in [1.807, 2.05) is 45.9 Å². The molecule has 7 heteroatoms. The first-order valence-electron chi connectivity index (χ1n) is 9.55. The number of esters is 1. The van der Waals surface area contributed by atoms with E-state index >= 15 is 0 Å². The van der Waals surface area contributed by atoms with Gasteiger partial charge in [0.05, 0.1) is 24.9 Å². The van der Waals surface area contributed by atoms with Gasteiger partial charge in [-0.25, -0.2) is 9.78 Å². The van der Waals surface area contributed by atoms with Crippen molar-refractivity contribution in [1.82, 2.24) is 4.98 Å². The number of hydrogen-bond donors (Lipinski definition) is 1. The molecule has 0 aliphatic heterocycles. The first kappa shape index (κ1) is 23.0. The van der Waals surface area contributed by atoms with Gasteiger partial charge in [0.25, 0.3) is 0 Å². The van der Waals surface area contributed by atoms with Crippen molar-refractivity contribution in [2.75, 3.05) is 19.5 Å². The van der Waals surface area contributed by atoms with Crippen LogP contribution in [0.4, 0.5) is 5.69 Å². The van der Waals surface area contributed by atoms with Crippen molar-refractivity contribution in [3.63, 3.8) is 0 Å². The largest absolute Gasteiger partial charge is 0.465 e. The predicted molar refractivity (Wildman–Crippen MR) is 115 cm³/mol. The summed E-state index contributed by atoms with van der Waals surface area (Å²) in [6, 6.07) is 5.43. The zero-order chi connectivity index (χ0) is 21.7. The number of halogens is 1. The Morgan fingerprint density at radius 3 is 2.31 bits per heavy atom. The Morgan fingerprint density at radius 2 is 1.79 bits per heavy atom. The first-order chi connectivity index (χ1) is 13.7. The Labute approximate surface area is 177 Å². The van der Waals surface area contributed by atoms with Crippen LogP contribution in [-0.2, 0) is 9.47 Å². The Morgan fingerprint density at radius 1 is 1.17 bits per heavy atom. The second kappa shape index (κ2) is 9.94. The molecule has 0 aliphatic rings. The lowest BCUT2D eigenvalue weighted by atomic mass is 10.1. The van der Waals surface area contributed by atoms with Crippen LogP contribution in [0.3, 0.4) is 0 Å². The van der Waals surface area contributed by atoms with E-state index in [4.69, 9.17) is 25.8 Å². The van der Waals surface area contributed by atoms with E-state index in [1.54, 1.807) is 7.11 Å². The fraction of sp³-hybridized carbons (Fsp3) is 0.455. The van der Waals surface area contributed by atoms with Gasteiger partial charge in [0.1, 0.15) is 11.3 Å². The molecule has 1 aromatic carbocycles. The Kier molecular flexibility index (Phi) is 7.88. The minimum absolute atomic E-state index is 0.00272. The standard InChI is InChI=1S/C22H29ClN2O4/c1-8-17(15(5)27-6)25-18-11-14(4)24-21(19(18)22(26)28-7)29-20-12(2)9-16(23)10-13(20)3/h9-11,15,17H,8H2,1-7H3,(H,24,25). The highest BCUT2D eigenvalue weighted by molar-refractivity contribution is 6.30. The molecule has 2 aromatic rings. The molecule has 0 bridgehead atoms. The quantitative estimate of drug-likeness (QED) is 0.571. The fourth-order valence-corrected chi connectivity index (χ4v) is 3.53. The molecule has 2 rings (SSSR count). The maximum Gasteiger partial charge on any atom is 0.345 e. The molecule has 6 nitrogen and oxygen atoms in total. The summed E-state index contributed by atoms with van der Waals surface area (Å²) in [6.07, 6.45) is 0.756. The number of hydrogen-bond acceptors (Lipinski definition) is 6. The minimum Gasteiger partial charge on any atom is -0.465 e. The summed E-state index contributed by atoms with van der Waals surface area (Å²) in [4.78, 5) is 17.1. The van der Waals surface area contributed by atoms with Crippen molar-refractivity contribution in [2.45, 2.75) is 53.2 Å². The van der Waals surface area contributed by atoms with E-state index in [2.05, 4.69) is 17.2 Å². The normalized spacial score (nSPS) is 13.0. The molecule has 0 amide bonds. The molecule has 2 unspecified atom stereocenters. The molecule has 2 atom stereocenters. The number of aromatic nitrogens is 1. The summed E-state index contributed by atoms with van der Waals surface area (Å²) in [5.41, 5.74) is 3.25. The molecule has 0 radical (unpaired) electrons. The van der Waals surface area contributed by atoms with Gasteiger partial charge >= 0.3 is 5.97 Å². The van der Waals surface area contributed by atoms with Crippen molar-refractivity contribution in [3.8, 4) is 11.6 Å². The fourth-order valence-electron chi connectivity index (χ4n) is 3.20. The third kappa shape index (κ3) is 5.40. The third-order valence-corrected chi connectivity index (χ3v) is 5.07. The summed E-state index contributed by atoms with van der Waals surface area (Å²) >= 11 is 6.13. The van der Waals surface area contributed by atoms with Crippen molar-refractivity contribution in [1.29, 1.82) is 0 Å². The number of nitrogens with one attached hydrogen (secondary N) is 1. The maximum atomic E-state index is 12.7. The molecule has 0 spiro atoms. The van der Waals surface area contributed by atoms with Gasteiger partial charge in [-0.2, -0.15) is 0 Å². The van der Waals surface area contributed by atoms with Crippen LogP contribution in [0, 0.1) is 20.8 Å². The summed E-state index contributed by atoms with van der Waals surface area (Å²) in [7, 11) is 3.00. The van der Waals surface area contributed by atoms with Gasteiger partial charge in [-0.3, -0.25) is 0 Å². The third-order valence-electron chi connectivity index (χ3n) is 4.85. The summed E-state index contributed by atoms with van der Waals surface area (Å²) in [5, 5.41) is 4.03. The van der Waals surface area contributed by atoms with Gasteiger partial charge in [-0.1, -0.05) is 18.5 Å². The van der Waals surface area contributed by atoms with Crippen molar-refractivity contribution >= 4 is 23.3 Å². The number of carbonyl (C=O) groups excluding carboxylic acids is 1. The van der Waals surface area contributed by atoms with Gasteiger partial charge in [-0.05, 0) is 63.4 Å². The number of aryl methyl sites for hydroxylation is 3. The zero-order valence-electron chi connectivity index (χ0n) is 18.1. The molecule has 0 aliphatic carbocycles. The van der Waals surface area contributed by atoms with Crippen LogP contribution in [0.25, 0.3) is 0 Å². The van der Waals surface area contributed by atoms with Crippen LogP contribution in [0.2, 0.25) is 5.02 Å². The van der Waals surface area contributed by atoms with Crippen molar-refractivity contribution < 1.29 is 19.0 Å². The van der Waals surface area contributed by atoms with Crippen molar-refractivity contribution in [3.05, 3.63) is 45.6 Å². The lowest BCUT2D eigenvalue weighted by Crippen LogP contribution is -2.33. The molecule has 1 aromatic heterocycles. The van der Waals surface area contributed by atoms with E-state index < -0.39 is 5.97 Å². The van der Waals surface area contributed by atoms with Gasteiger partial charge in [-0.15, -0.1) is 0 Å². The number of nitrogens with zero attached hydrogens (tertiary/aromatic N) is 1. The zero-order valence-corrected chi connectivity index (χ0v) is 18.8. The number of anilines is 1. The molecule has 1 N–H and O–H groups in total. The van der Waals surface area contributed by atoms with E-state index in [1.165, 1.54) is 7.11 Å². The van der Waals surface area contributed by atoms with Gasteiger partial charge in [0.2, 0.25) is 5.88 Å². The maximum absolute atomic E-state index is 12.7. The van der Waals surface area contributed by atoms with Crippen LogP contribution >= 0.6 is 11.6 Å². The lowest BCUT2D eigenvalue weighted by molar-refractivity contribution is 0.0597. The number of rotatable bonds is 8. The van der Waals surface area contributed by atoms with Crippen LogP contribution in [-0.4, -0.2) is 37.3 Å². The number of benzene rings is 1. The smallest absolute Gasteiger partial charge is 0.345 e. The second-order valence-electron chi connectivity index (χ2n) is 7.05. The van der Waals surface area contributed by atoms with Crippen LogP contribution < -0.4 is 10.1 Å². The van der Waals surface area contributed by atoms with Crippen molar-refractivity contribution in [2.24, 2.45) is 0 Å². The average Bonchev–Trinajstić information content (AvgIpc) is 2.67. The highest BCUT2D eigenvalue weighted by atomic mass is 35.5. The van der Waals surface area contributed by atoms with E-state index in [9.17, 15) is 4.79 Å². The molecule has 158 valence electrons. The molecular formula is C22H29ClN2O4. The van der Waals surface area contributed by atoms with Gasteiger partial charge in [0.15, 0.2) is 0 Å². The number of methoxy groups -OCH3 is 2. The predicted octanol–water partition coefficient (Wildman–Crippen LogP) is 5.46. The average molecular weight is 421 g/mol. The minimum atomic E-state index is -0.529. The number of ether oxygens (including phenoxy) is 3. The molecule has 1 heterocycles. The highest BCUT2D eigenvalue weighted by Gasteiger charge is 2.25. The number of carbonyl (C=O) groups is 1. The van der Waals surface area contributed by atoms with Gasteiger partial charge in [0, 0.05) is 17.8 Å². The van der Waals surface area contributed by atoms with E-state index in [0.29, 0.717) is 22.2 Å². The summed E-state index contributed by atoms with van der Waals surface area (Å²) in [6.45, 7) is 9.67. The monoisotopic (exact) mass is 420 g/mol. The first-order valence-corrected chi connectivity index (χ1v) is 9.93. The Bertz CT molecular complexity index is 862. The topological polar surface area (TPSA) is 69.7 Å². The van der Waals surface area contributed by atoms with Crippen LogP contribution in [0.5, 0.6) is 11.6 Å². The molecule has 29 heavy (non-hydrogen) atoms. The Hall–Kier alpha value is -2.31. The number of pyridine rings is 1. The SMILES string of the molecule is CCC(Nc1cc(C)nc(Oc2c(C)cc(Cl)cc2C)c1C(=O)OC)C(C)OC. The van der Waals surface area contributed by atoms with E-state index in [0.717, 1.165) is 17.5 Å². The van der Waals surface area contributed by atoms with Crippen LogP contribution in [0.1, 0.15) is 47.4 Å². The van der Waals surface area contributed by atoms with Gasteiger partial charge < -0.3 is 19.5 Å². The molecule has 0 saturated carbocycles. The summed E-state index contributed by atoms with van der Waals surface area (Å²) < 4.78 is 16.6. The van der Waals surface area contributed by atoms with E-state index in [-0.39, 0.29) is 23.6 Å². The van der Waals surface area contributed by atoms with Crippen LogP contribution in [0.15, 0.2) is 18.2 Å². The Balaban J connectivity index is 2.58. The molecular weight excluding hydrogens is 392 g/mol. The molecule has 0 saturated heterocycles. The summed E-state index contributed by atoms with van der Waals surface area (Å²) in [5.74, 6) is 0.271. The second-order valence-corrected chi connectivity index (χ2v) is 7.49.